The van der Waals surface area contributed by atoms with E-state index in [1.807, 2.05) is 18.2 Å². The molecule has 3 heterocycles. The van der Waals surface area contributed by atoms with E-state index in [1.165, 1.54) is 12.1 Å². The van der Waals surface area contributed by atoms with Crippen LogP contribution in [0.5, 0.6) is 0 Å². The SMILES string of the molecule is Cc1ccc([N+](=O)[O-])cc1NC(=O)N1CCC(c2nc(-c3ccccn3)no2)CC1. The smallest absolute Gasteiger partial charge is 0.321 e. The molecule has 1 aromatic carbocycles. The fourth-order valence-electron chi connectivity index (χ4n) is 3.38. The number of nitro groups is 1. The van der Waals surface area contributed by atoms with Crippen molar-refractivity contribution in [3.63, 3.8) is 0 Å². The quantitative estimate of drug-likeness (QED) is 0.514. The first-order valence-electron chi connectivity index (χ1n) is 9.57. The molecule has 0 radical (unpaired) electrons. The van der Waals surface area contributed by atoms with E-state index in [0.29, 0.717) is 49.0 Å². The Morgan fingerprint density at radius 1 is 1.27 bits per heavy atom. The second-order valence-electron chi connectivity index (χ2n) is 7.12. The Morgan fingerprint density at radius 3 is 2.77 bits per heavy atom. The van der Waals surface area contributed by atoms with Crippen molar-refractivity contribution in [3.05, 3.63) is 64.2 Å². The zero-order valence-corrected chi connectivity index (χ0v) is 16.3. The summed E-state index contributed by atoms with van der Waals surface area (Å²) in [6.45, 7) is 2.83. The Kier molecular flexibility index (Phi) is 5.38. The van der Waals surface area contributed by atoms with Crippen molar-refractivity contribution < 1.29 is 14.2 Å². The summed E-state index contributed by atoms with van der Waals surface area (Å²) in [6, 6.07) is 9.62. The summed E-state index contributed by atoms with van der Waals surface area (Å²) in [6.07, 6.45) is 3.04. The van der Waals surface area contributed by atoms with Gasteiger partial charge in [-0.2, -0.15) is 4.98 Å². The molecule has 0 unspecified atom stereocenters. The van der Waals surface area contributed by atoms with Crippen molar-refractivity contribution in [1.29, 1.82) is 0 Å². The van der Waals surface area contributed by atoms with Gasteiger partial charge in [-0.3, -0.25) is 15.1 Å². The number of aryl methyl sites for hydroxylation is 1. The monoisotopic (exact) mass is 408 g/mol. The van der Waals surface area contributed by atoms with Gasteiger partial charge in [0.05, 0.1) is 10.6 Å². The van der Waals surface area contributed by atoms with Gasteiger partial charge in [-0.15, -0.1) is 0 Å². The molecule has 0 bridgehead atoms. The number of nitrogens with one attached hydrogen (secondary N) is 1. The number of non-ortho nitro benzene ring substituents is 1. The number of nitro benzene ring substituents is 1. The lowest BCUT2D eigenvalue weighted by molar-refractivity contribution is -0.384. The number of hydrogen-bond acceptors (Lipinski definition) is 7. The molecule has 10 heteroatoms. The van der Waals surface area contributed by atoms with Crippen molar-refractivity contribution >= 4 is 17.4 Å². The highest BCUT2D eigenvalue weighted by molar-refractivity contribution is 5.90. The maximum absolute atomic E-state index is 12.6. The van der Waals surface area contributed by atoms with Crippen molar-refractivity contribution in [2.24, 2.45) is 0 Å². The van der Waals surface area contributed by atoms with Crippen molar-refractivity contribution in [2.75, 3.05) is 18.4 Å². The second kappa shape index (κ2) is 8.27. The summed E-state index contributed by atoms with van der Waals surface area (Å²) in [7, 11) is 0. The average Bonchev–Trinajstić information content (AvgIpc) is 3.26. The summed E-state index contributed by atoms with van der Waals surface area (Å²) >= 11 is 0. The lowest BCUT2D eigenvalue weighted by Crippen LogP contribution is -2.40. The predicted octanol–water partition coefficient (Wildman–Crippen LogP) is 3.76. The van der Waals surface area contributed by atoms with E-state index in [2.05, 4.69) is 20.4 Å². The molecule has 2 aromatic heterocycles. The van der Waals surface area contributed by atoms with Crippen molar-refractivity contribution in [1.82, 2.24) is 20.0 Å². The van der Waals surface area contributed by atoms with Gasteiger partial charge in [-0.05, 0) is 37.5 Å². The first-order valence-corrected chi connectivity index (χ1v) is 9.57. The first-order chi connectivity index (χ1) is 14.5. The Hall–Kier alpha value is -3.82. The molecule has 1 saturated heterocycles. The Labute approximate surface area is 172 Å². The third kappa shape index (κ3) is 4.12. The molecule has 0 atom stereocenters. The number of hydrogen-bond donors (Lipinski definition) is 1. The molecule has 3 aromatic rings. The molecular formula is C20H20N6O4. The zero-order chi connectivity index (χ0) is 21.1. The molecule has 1 aliphatic rings. The van der Waals surface area contributed by atoms with Gasteiger partial charge in [0, 0.05) is 37.3 Å². The minimum Gasteiger partial charge on any atom is -0.339 e. The van der Waals surface area contributed by atoms with E-state index >= 15 is 0 Å². The fraction of sp³-hybridized carbons (Fsp3) is 0.300. The van der Waals surface area contributed by atoms with Crippen molar-refractivity contribution in [2.45, 2.75) is 25.7 Å². The van der Waals surface area contributed by atoms with Crippen LogP contribution in [0, 0.1) is 17.0 Å². The highest BCUT2D eigenvalue weighted by Crippen LogP contribution is 2.29. The van der Waals surface area contributed by atoms with Gasteiger partial charge in [0.1, 0.15) is 5.69 Å². The standard InChI is InChI=1S/C20H20N6O4/c1-13-5-6-15(26(28)29)12-17(13)22-20(27)25-10-7-14(8-11-25)19-23-18(24-30-19)16-4-2-3-9-21-16/h2-6,9,12,14H,7-8,10-11H2,1H3,(H,22,27). The number of carbonyl (C=O) groups excluding carboxylic acids is 1. The predicted molar refractivity (Wildman–Crippen MR) is 108 cm³/mol. The van der Waals surface area contributed by atoms with Crippen LogP contribution in [0.15, 0.2) is 47.1 Å². The normalized spacial score (nSPS) is 14.5. The zero-order valence-electron chi connectivity index (χ0n) is 16.3. The molecule has 0 spiro atoms. The van der Waals surface area contributed by atoms with Gasteiger partial charge >= 0.3 is 6.03 Å². The van der Waals surface area contributed by atoms with Crippen LogP contribution < -0.4 is 5.32 Å². The minimum atomic E-state index is -0.482. The summed E-state index contributed by atoms with van der Waals surface area (Å²) in [5, 5.41) is 17.8. The van der Waals surface area contributed by atoms with Gasteiger partial charge in [-0.25, -0.2) is 4.79 Å². The van der Waals surface area contributed by atoms with Crippen LogP contribution in [-0.4, -0.2) is 44.1 Å². The molecule has 1 fully saturated rings. The average molecular weight is 408 g/mol. The molecule has 10 nitrogen and oxygen atoms in total. The van der Waals surface area contributed by atoms with Crippen LogP contribution in [0.2, 0.25) is 0 Å². The Balaban J connectivity index is 1.37. The van der Waals surface area contributed by atoms with Gasteiger partial charge < -0.3 is 14.7 Å². The van der Waals surface area contributed by atoms with Crippen LogP contribution in [0.1, 0.15) is 30.2 Å². The van der Waals surface area contributed by atoms with E-state index in [9.17, 15) is 14.9 Å². The topological polar surface area (TPSA) is 127 Å². The highest BCUT2D eigenvalue weighted by Gasteiger charge is 2.28. The number of aromatic nitrogens is 3. The number of rotatable bonds is 4. The highest BCUT2D eigenvalue weighted by atomic mass is 16.6. The van der Waals surface area contributed by atoms with E-state index in [4.69, 9.17) is 4.52 Å². The molecule has 2 amide bonds. The molecule has 154 valence electrons. The third-order valence-electron chi connectivity index (χ3n) is 5.14. The maximum Gasteiger partial charge on any atom is 0.321 e. The Morgan fingerprint density at radius 2 is 2.07 bits per heavy atom. The first kappa shape index (κ1) is 19.5. The van der Waals surface area contributed by atoms with E-state index in [1.54, 1.807) is 24.1 Å². The molecule has 4 rings (SSSR count). The number of piperidine rings is 1. The lowest BCUT2D eigenvalue weighted by Gasteiger charge is -2.30. The fourth-order valence-corrected chi connectivity index (χ4v) is 3.38. The molecule has 30 heavy (non-hydrogen) atoms. The van der Waals surface area contributed by atoms with E-state index in [0.717, 1.165) is 5.56 Å². The molecule has 1 N–H and O–H groups in total. The van der Waals surface area contributed by atoms with Gasteiger partial charge in [0.15, 0.2) is 0 Å². The van der Waals surface area contributed by atoms with Crippen LogP contribution in [0.3, 0.4) is 0 Å². The summed E-state index contributed by atoms with van der Waals surface area (Å²) in [5.41, 5.74) is 1.79. The largest absolute Gasteiger partial charge is 0.339 e. The molecule has 0 aliphatic carbocycles. The number of anilines is 1. The number of pyridine rings is 1. The van der Waals surface area contributed by atoms with Crippen LogP contribution in [0.4, 0.5) is 16.2 Å². The lowest BCUT2D eigenvalue weighted by atomic mass is 9.97. The van der Waals surface area contributed by atoms with Crippen LogP contribution in [-0.2, 0) is 0 Å². The number of carbonyl (C=O) groups is 1. The van der Waals surface area contributed by atoms with Gasteiger partial charge in [0.2, 0.25) is 11.7 Å². The van der Waals surface area contributed by atoms with Crippen LogP contribution >= 0.6 is 0 Å². The molecule has 1 aliphatic heterocycles. The number of likely N-dealkylation sites (tertiary alicyclic amines) is 1. The van der Waals surface area contributed by atoms with Crippen LogP contribution in [0.25, 0.3) is 11.5 Å². The number of benzene rings is 1. The number of amides is 2. The van der Waals surface area contributed by atoms with Gasteiger partial charge in [0.25, 0.3) is 5.69 Å². The summed E-state index contributed by atoms with van der Waals surface area (Å²) in [5.74, 6) is 1.07. The van der Waals surface area contributed by atoms with Gasteiger partial charge in [-0.1, -0.05) is 17.3 Å². The number of nitrogens with zero attached hydrogens (tertiary/aromatic N) is 5. The van der Waals surface area contributed by atoms with E-state index < -0.39 is 4.92 Å². The summed E-state index contributed by atoms with van der Waals surface area (Å²) < 4.78 is 5.42. The molecule has 0 saturated carbocycles. The summed E-state index contributed by atoms with van der Waals surface area (Å²) in [4.78, 5) is 33.5. The van der Waals surface area contributed by atoms with Crippen molar-refractivity contribution in [3.8, 4) is 11.5 Å². The maximum atomic E-state index is 12.6. The Bertz CT molecular complexity index is 1060. The third-order valence-corrected chi connectivity index (χ3v) is 5.14. The van der Waals surface area contributed by atoms with E-state index in [-0.39, 0.29) is 17.6 Å². The number of urea groups is 1. The minimum absolute atomic E-state index is 0.0605. The second-order valence-corrected chi connectivity index (χ2v) is 7.12. The molecular weight excluding hydrogens is 388 g/mol.